The van der Waals surface area contributed by atoms with Crippen LogP contribution in [-0.4, -0.2) is 25.1 Å². The normalized spacial score (nSPS) is 10.6. The predicted octanol–water partition coefficient (Wildman–Crippen LogP) is 3.31. The Hall–Kier alpha value is -3.43. The molecule has 0 saturated heterocycles. The van der Waals surface area contributed by atoms with Crippen LogP contribution in [0.5, 0.6) is 5.75 Å². The van der Waals surface area contributed by atoms with Gasteiger partial charge in [0.1, 0.15) is 23.2 Å². The Kier molecular flexibility index (Phi) is 6.99. The third kappa shape index (κ3) is 5.56. The smallest absolute Gasteiger partial charge is 0.317 e. The summed E-state index contributed by atoms with van der Waals surface area (Å²) in [5, 5.41) is 5.95. The van der Waals surface area contributed by atoms with Crippen LogP contribution >= 0.6 is 11.3 Å². The fourth-order valence-corrected chi connectivity index (χ4v) is 3.87. The van der Waals surface area contributed by atoms with E-state index in [2.05, 4.69) is 10.6 Å². The van der Waals surface area contributed by atoms with Gasteiger partial charge in [0.2, 0.25) is 0 Å². The van der Waals surface area contributed by atoms with Crippen LogP contribution in [-0.2, 0) is 6.54 Å². The van der Waals surface area contributed by atoms with Gasteiger partial charge in [-0.1, -0.05) is 24.3 Å². The molecule has 6 N–H and O–H groups in total. The second-order valence-corrected chi connectivity index (χ2v) is 7.41. The number of nitrogens with one attached hydrogen (secondary N) is 2. The van der Waals surface area contributed by atoms with Gasteiger partial charge in [-0.3, -0.25) is 10.1 Å². The Labute approximate surface area is 176 Å². The lowest BCUT2D eigenvalue weighted by molar-refractivity contribution is 0.100. The molecule has 9 heteroatoms. The summed E-state index contributed by atoms with van der Waals surface area (Å²) in [6, 6.07) is 14.5. The fraction of sp³-hybridized carbons (Fsp3) is 0.143. The summed E-state index contributed by atoms with van der Waals surface area (Å²) in [4.78, 5) is 23.6. The van der Waals surface area contributed by atoms with E-state index in [9.17, 15) is 14.0 Å². The number of benzene rings is 2. The summed E-state index contributed by atoms with van der Waals surface area (Å²) < 4.78 is 18.8. The van der Waals surface area contributed by atoms with Crippen molar-refractivity contribution >= 4 is 28.3 Å². The van der Waals surface area contributed by atoms with Crippen molar-refractivity contribution in [1.29, 1.82) is 0 Å². The number of halogens is 1. The highest BCUT2D eigenvalue weighted by molar-refractivity contribution is 7.20. The number of thiophene rings is 1. The van der Waals surface area contributed by atoms with Crippen molar-refractivity contribution in [2.24, 2.45) is 11.5 Å². The first kappa shape index (κ1) is 21.3. The maximum Gasteiger partial charge on any atom is 0.317 e. The number of urea groups is 1. The van der Waals surface area contributed by atoms with Gasteiger partial charge in [0, 0.05) is 23.5 Å². The van der Waals surface area contributed by atoms with Gasteiger partial charge in [-0.25, -0.2) is 9.18 Å². The molecule has 1 heterocycles. The van der Waals surface area contributed by atoms with Gasteiger partial charge in [0.15, 0.2) is 0 Å². The first-order chi connectivity index (χ1) is 14.4. The van der Waals surface area contributed by atoms with Crippen LogP contribution in [0.1, 0.15) is 15.9 Å². The number of ether oxygens (including phenoxy) is 1. The van der Waals surface area contributed by atoms with Crippen molar-refractivity contribution in [3.05, 3.63) is 71.5 Å². The molecule has 1 aromatic heterocycles. The number of amides is 3. The van der Waals surface area contributed by atoms with Crippen LogP contribution < -0.4 is 26.8 Å². The van der Waals surface area contributed by atoms with Crippen molar-refractivity contribution in [1.82, 2.24) is 5.32 Å². The highest BCUT2D eigenvalue weighted by Gasteiger charge is 2.18. The van der Waals surface area contributed by atoms with Crippen molar-refractivity contribution < 1.29 is 18.7 Å². The molecule has 0 radical (unpaired) electrons. The van der Waals surface area contributed by atoms with Crippen LogP contribution in [0, 0.1) is 5.82 Å². The van der Waals surface area contributed by atoms with Crippen molar-refractivity contribution in [2.45, 2.75) is 6.54 Å². The number of carbonyl (C=O) groups excluding carboxylic acids is 2. The highest BCUT2D eigenvalue weighted by Crippen LogP contribution is 2.39. The summed E-state index contributed by atoms with van der Waals surface area (Å²) in [6.45, 7) is 1.58. The second kappa shape index (κ2) is 9.86. The van der Waals surface area contributed by atoms with Gasteiger partial charge < -0.3 is 21.5 Å². The van der Waals surface area contributed by atoms with Crippen LogP contribution in [0.3, 0.4) is 0 Å². The highest BCUT2D eigenvalue weighted by atomic mass is 32.1. The number of hydrogen-bond acceptors (Lipinski definition) is 5. The van der Waals surface area contributed by atoms with Gasteiger partial charge in [-0.05, 0) is 35.9 Å². The first-order valence-electron chi connectivity index (χ1n) is 9.11. The maximum atomic E-state index is 12.9. The van der Waals surface area contributed by atoms with Crippen LogP contribution in [0.4, 0.5) is 14.2 Å². The molecule has 0 aliphatic carbocycles. The molecular formula is C21H21FN4O3S. The molecular weight excluding hydrogens is 407 g/mol. The van der Waals surface area contributed by atoms with E-state index in [0.29, 0.717) is 35.3 Å². The number of anilines is 1. The van der Waals surface area contributed by atoms with Gasteiger partial charge in [-0.15, -0.1) is 11.3 Å². The third-order valence-electron chi connectivity index (χ3n) is 4.17. The fourth-order valence-electron chi connectivity index (χ4n) is 2.78. The van der Waals surface area contributed by atoms with E-state index >= 15 is 0 Å². The van der Waals surface area contributed by atoms with Crippen molar-refractivity contribution in [3.63, 3.8) is 0 Å². The number of para-hydroxylation sites is 1. The standard InChI is InChI=1S/C21H21FN4O3S/c22-14-7-5-13(6-8-14)12-25-9-10-29-17-4-2-1-3-15(17)18-11-16(19(23)27)20(30-18)26-21(24)28/h1-8,11,25H,9-10,12H2,(H2,23,27)(H3,24,26,28). The zero-order valence-electron chi connectivity index (χ0n) is 16.0. The van der Waals surface area contributed by atoms with Crippen LogP contribution in [0.15, 0.2) is 54.6 Å². The summed E-state index contributed by atoms with van der Waals surface area (Å²) in [6.07, 6.45) is 0. The summed E-state index contributed by atoms with van der Waals surface area (Å²) in [5.41, 5.74) is 12.5. The summed E-state index contributed by atoms with van der Waals surface area (Å²) in [7, 11) is 0. The Morgan fingerprint density at radius 2 is 1.80 bits per heavy atom. The molecule has 0 aliphatic heterocycles. The van der Waals surface area contributed by atoms with E-state index in [1.54, 1.807) is 18.2 Å². The Morgan fingerprint density at radius 1 is 1.07 bits per heavy atom. The summed E-state index contributed by atoms with van der Waals surface area (Å²) in [5.74, 6) is -0.297. The molecule has 0 atom stereocenters. The molecule has 0 aliphatic rings. The molecule has 3 rings (SSSR count). The van der Waals surface area contributed by atoms with E-state index in [4.69, 9.17) is 16.2 Å². The molecule has 156 valence electrons. The molecule has 2 aromatic carbocycles. The number of hydrogen-bond donors (Lipinski definition) is 4. The molecule has 3 amide bonds. The average molecular weight is 428 g/mol. The molecule has 0 fully saturated rings. The Balaban J connectivity index is 1.65. The van der Waals surface area contributed by atoms with Crippen molar-refractivity contribution in [2.75, 3.05) is 18.5 Å². The second-order valence-electron chi connectivity index (χ2n) is 6.35. The molecule has 3 aromatic rings. The number of rotatable bonds is 9. The zero-order chi connectivity index (χ0) is 21.5. The molecule has 7 nitrogen and oxygen atoms in total. The van der Waals surface area contributed by atoms with Gasteiger partial charge in [0.25, 0.3) is 5.91 Å². The SMILES string of the molecule is NC(=O)Nc1sc(-c2ccccc2OCCNCc2ccc(F)cc2)cc1C(N)=O. The minimum Gasteiger partial charge on any atom is -0.492 e. The lowest BCUT2D eigenvalue weighted by atomic mass is 10.1. The quantitative estimate of drug-likeness (QED) is 0.391. The van der Waals surface area contributed by atoms with Crippen LogP contribution in [0.2, 0.25) is 0 Å². The van der Waals surface area contributed by atoms with E-state index in [1.807, 2.05) is 24.3 Å². The number of primary amides is 2. The number of carbonyl (C=O) groups is 2. The maximum absolute atomic E-state index is 12.9. The Bertz CT molecular complexity index is 1040. The minimum atomic E-state index is -0.775. The summed E-state index contributed by atoms with van der Waals surface area (Å²) >= 11 is 1.19. The predicted molar refractivity (Wildman–Crippen MR) is 115 cm³/mol. The minimum absolute atomic E-state index is 0.185. The molecule has 0 unspecified atom stereocenters. The van der Waals surface area contributed by atoms with Gasteiger partial charge in [0.05, 0.1) is 5.56 Å². The van der Waals surface area contributed by atoms with E-state index in [1.165, 1.54) is 23.5 Å². The van der Waals surface area contributed by atoms with Gasteiger partial charge in [-0.2, -0.15) is 0 Å². The zero-order valence-corrected chi connectivity index (χ0v) is 16.8. The van der Waals surface area contributed by atoms with E-state index in [-0.39, 0.29) is 11.4 Å². The lowest BCUT2D eigenvalue weighted by Crippen LogP contribution is -2.21. The average Bonchev–Trinajstić information content (AvgIpc) is 3.12. The molecule has 0 saturated carbocycles. The van der Waals surface area contributed by atoms with Crippen LogP contribution in [0.25, 0.3) is 10.4 Å². The first-order valence-corrected chi connectivity index (χ1v) is 9.93. The van der Waals surface area contributed by atoms with Gasteiger partial charge >= 0.3 is 6.03 Å². The molecule has 0 spiro atoms. The largest absolute Gasteiger partial charge is 0.492 e. The molecule has 0 bridgehead atoms. The number of nitrogens with two attached hydrogens (primary N) is 2. The lowest BCUT2D eigenvalue weighted by Gasteiger charge is -2.11. The third-order valence-corrected chi connectivity index (χ3v) is 5.25. The topological polar surface area (TPSA) is 119 Å². The van der Waals surface area contributed by atoms with E-state index in [0.717, 1.165) is 11.1 Å². The van der Waals surface area contributed by atoms with Crippen molar-refractivity contribution in [3.8, 4) is 16.2 Å². The monoisotopic (exact) mass is 428 g/mol. The van der Waals surface area contributed by atoms with E-state index < -0.39 is 11.9 Å². The Morgan fingerprint density at radius 3 is 2.50 bits per heavy atom. The molecule has 30 heavy (non-hydrogen) atoms.